The summed E-state index contributed by atoms with van der Waals surface area (Å²) in [6.45, 7) is 1.25. The van der Waals surface area contributed by atoms with Crippen LogP contribution >= 0.6 is 0 Å². The Balaban J connectivity index is 1.44. The summed E-state index contributed by atoms with van der Waals surface area (Å²) in [6.07, 6.45) is -8.26. The Bertz CT molecular complexity index is 1540. The lowest BCUT2D eigenvalue weighted by Gasteiger charge is -2.48. The molecule has 0 amide bonds. The topological polar surface area (TPSA) is 53.4 Å². The molecular formula is C32H28F8N2O2. The highest BCUT2D eigenvalue weighted by Crippen LogP contribution is 2.48. The molecule has 0 radical (unpaired) electrons. The molecule has 12 heteroatoms. The Morgan fingerprint density at radius 2 is 1.50 bits per heavy atom. The summed E-state index contributed by atoms with van der Waals surface area (Å²) in [6, 6.07) is 11.7. The van der Waals surface area contributed by atoms with Gasteiger partial charge in [0.1, 0.15) is 5.75 Å². The predicted octanol–water partition coefficient (Wildman–Crippen LogP) is 8.37. The van der Waals surface area contributed by atoms with Crippen molar-refractivity contribution in [2.45, 2.75) is 51.2 Å². The van der Waals surface area contributed by atoms with E-state index in [0.717, 1.165) is 30.3 Å². The number of ether oxygens (including phenoxy) is 1. The maximum Gasteiger partial charge on any atom is 0.573 e. The van der Waals surface area contributed by atoms with E-state index in [1.54, 1.807) is 0 Å². The van der Waals surface area contributed by atoms with E-state index >= 15 is 0 Å². The van der Waals surface area contributed by atoms with Crippen LogP contribution in [-0.2, 0) is 19.1 Å². The quantitative estimate of drug-likeness (QED) is 0.290. The summed E-state index contributed by atoms with van der Waals surface area (Å²) >= 11 is 0. The number of alkyl halides is 6. The molecule has 0 aromatic heterocycles. The minimum Gasteiger partial charge on any atom is -0.406 e. The molecule has 1 fully saturated rings. The fraction of sp³-hybridized carbons (Fsp3) is 0.375. The number of rotatable bonds is 5. The van der Waals surface area contributed by atoms with E-state index in [1.165, 1.54) is 30.3 Å². The van der Waals surface area contributed by atoms with E-state index in [9.17, 15) is 39.9 Å². The first-order chi connectivity index (χ1) is 20.6. The average Bonchev–Trinajstić information content (AvgIpc) is 2.94. The zero-order chi connectivity index (χ0) is 31.9. The van der Waals surface area contributed by atoms with Gasteiger partial charge >= 0.3 is 12.5 Å². The molecular weight excluding hydrogens is 596 g/mol. The third-order valence-corrected chi connectivity index (χ3v) is 8.68. The van der Waals surface area contributed by atoms with Gasteiger partial charge in [0.2, 0.25) is 0 Å². The van der Waals surface area contributed by atoms with Crippen molar-refractivity contribution < 1.29 is 44.7 Å². The van der Waals surface area contributed by atoms with Crippen LogP contribution in [0.3, 0.4) is 0 Å². The number of hydrogen-bond acceptors (Lipinski definition) is 4. The van der Waals surface area contributed by atoms with E-state index in [0.29, 0.717) is 43.6 Å². The first kappa shape index (κ1) is 31.6. The monoisotopic (exact) mass is 624 g/mol. The molecule has 44 heavy (non-hydrogen) atoms. The highest BCUT2D eigenvalue weighted by molar-refractivity contribution is 6.10. The molecule has 3 aromatic rings. The molecule has 1 aliphatic carbocycles. The second-order valence-corrected chi connectivity index (χ2v) is 11.5. The van der Waals surface area contributed by atoms with Crippen LogP contribution in [0.2, 0.25) is 0 Å². The van der Waals surface area contributed by atoms with Gasteiger partial charge < -0.3 is 10.1 Å². The van der Waals surface area contributed by atoms with Crippen LogP contribution < -0.4 is 4.74 Å². The van der Waals surface area contributed by atoms with Crippen molar-refractivity contribution in [3.05, 3.63) is 100 Å². The van der Waals surface area contributed by atoms with Crippen LogP contribution in [0.15, 0.2) is 60.7 Å². The summed E-state index contributed by atoms with van der Waals surface area (Å²) in [5, 5.41) is 8.88. The normalized spacial score (nSPS) is 19.4. The maximum atomic E-state index is 13.8. The summed E-state index contributed by atoms with van der Waals surface area (Å²) < 4.78 is 110. The number of Topliss-reactive ketones (excluding diaryl/α,β-unsaturated/α-hetero) is 1. The summed E-state index contributed by atoms with van der Waals surface area (Å²) in [4.78, 5) is 15.6. The van der Waals surface area contributed by atoms with E-state index in [2.05, 4.69) is 4.74 Å². The van der Waals surface area contributed by atoms with Crippen LogP contribution in [0.5, 0.6) is 5.75 Å². The molecule has 4 nitrogen and oxygen atoms in total. The standard InChI is InChI=1S/C32H28F8N2O2/c33-26-8-3-20(14-27(26)34)18-42-11-9-30(10-12-42)17-28(41)25-15-21(31(35,36)37)4-7-24(25)29(43)16-22(30)13-19-1-5-23(6-2-19)44-32(38,39)40/h1-8,14-15,22,41H,9-13,16-18H2/t22-/m1/s1. The van der Waals surface area contributed by atoms with Crippen LogP contribution in [-0.4, -0.2) is 35.8 Å². The first-order valence-electron chi connectivity index (χ1n) is 14.0. The van der Waals surface area contributed by atoms with E-state index in [4.69, 9.17) is 5.41 Å². The molecule has 5 rings (SSSR count). The van der Waals surface area contributed by atoms with Crippen molar-refractivity contribution in [2.24, 2.45) is 11.3 Å². The lowest BCUT2D eigenvalue weighted by atomic mass is 9.60. The number of benzene rings is 3. The molecule has 234 valence electrons. The van der Waals surface area contributed by atoms with Crippen LogP contribution in [0.1, 0.15) is 58.3 Å². The molecule has 0 bridgehead atoms. The lowest BCUT2D eigenvalue weighted by molar-refractivity contribution is -0.274. The molecule has 2 aliphatic rings. The summed E-state index contributed by atoms with van der Waals surface area (Å²) in [5.41, 5.74) is -0.556. The largest absolute Gasteiger partial charge is 0.573 e. The highest BCUT2D eigenvalue weighted by Gasteiger charge is 2.45. The Kier molecular flexibility index (Phi) is 8.58. The maximum absolute atomic E-state index is 13.8. The molecule has 1 saturated heterocycles. The van der Waals surface area contributed by atoms with Gasteiger partial charge in [-0.1, -0.05) is 24.3 Å². The number of hydrogen-bond donors (Lipinski definition) is 1. The average molecular weight is 625 g/mol. The van der Waals surface area contributed by atoms with Gasteiger partial charge in [0.15, 0.2) is 17.4 Å². The number of ketones is 1. The van der Waals surface area contributed by atoms with Crippen LogP contribution in [0.25, 0.3) is 0 Å². The number of fused-ring (bicyclic) bond motifs is 1. The molecule has 0 unspecified atom stereocenters. The van der Waals surface area contributed by atoms with Crippen molar-refractivity contribution in [3.63, 3.8) is 0 Å². The zero-order valence-electron chi connectivity index (χ0n) is 23.3. The first-order valence-corrected chi connectivity index (χ1v) is 14.0. The Morgan fingerprint density at radius 3 is 2.11 bits per heavy atom. The third kappa shape index (κ3) is 7.11. The van der Waals surface area contributed by atoms with Gasteiger partial charge in [-0.05, 0) is 97.6 Å². The van der Waals surface area contributed by atoms with E-state index < -0.39 is 46.7 Å². The van der Waals surface area contributed by atoms with Crippen molar-refractivity contribution in [3.8, 4) is 5.75 Å². The molecule has 1 N–H and O–H groups in total. The fourth-order valence-corrected chi connectivity index (χ4v) is 6.39. The van der Waals surface area contributed by atoms with Gasteiger partial charge in [-0.15, -0.1) is 13.2 Å². The second kappa shape index (κ2) is 11.9. The number of piperidine rings is 1. The molecule has 3 aromatic carbocycles. The van der Waals surface area contributed by atoms with Crippen molar-refractivity contribution in [1.82, 2.24) is 4.90 Å². The summed E-state index contributed by atoms with van der Waals surface area (Å²) in [5.74, 6) is -3.12. The van der Waals surface area contributed by atoms with Crippen molar-refractivity contribution in [1.29, 1.82) is 5.41 Å². The second-order valence-electron chi connectivity index (χ2n) is 11.5. The Morgan fingerprint density at radius 1 is 0.841 bits per heavy atom. The van der Waals surface area contributed by atoms with E-state index in [-0.39, 0.29) is 42.0 Å². The minimum atomic E-state index is -4.86. The number of carbonyl (C=O) groups is 1. The van der Waals surface area contributed by atoms with Crippen molar-refractivity contribution >= 4 is 11.5 Å². The highest BCUT2D eigenvalue weighted by atomic mass is 19.4. The molecule has 1 atom stereocenters. The summed E-state index contributed by atoms with van der Waals surface area (Å²) in [7, 11) is 0. The number of halogens is 8. The molecule has 1 spiro atoms. The van der Waals surface area contributed by atoms with Crippen LogP contribution in [0, 0.1) is 28.4 Å². The molecule has 1 heterocycles. The number of likely N-dealkylation sites (tertiary alicyclic amines) is 1. The molecule has 1 aliphatic heterocycles. The van der Waals surface area contributed by atoms with Gasteiger partial charge in [-0.2, -0.15) is 13.2 Å². The van der Waals surface area contributed by atoms with E-state index in [1.807, 2.05) is 4.90 Å². The minimum absolute atomic E-state index is 0.0321. The smallest absolute Gasteiger partial charge is 0.406 e. The fourth-order valence-electron chi connectivity index (χ4n) is 6.39. The Hall–Kier alpha value is -3.80. The predicted molar refractivity (Wildman–Crippen MR) is 145 cm³/mol. The zero-order valence-corrected chi connectivity index (χ0v) is 23.3. The van der Waals surface area contributed by atoms with Crippen molar-refractivity contribution in [2.75, 3.05) is 13.1 Å². The number of carbonyl (C=O) groups excluding carboxylic acids is 1. The third-order valence-electron chi connectivity index (χ3n) is 8.68. The molecule has 0 saturated carbocycles. The van der Waals surface area contributed by atoms with Gasteiger partial charge in [0.25, 0.3) is 0 Å². The van der Waals surface area contributed by atoms with Gasteiger partial charge in [0.05, 0.1) is 5.56 Å². The number of nitrogens with zero attached hydrogens (tertiary/aromatic N) is 1. The van der Waals surface area contributed by atoms with Gasteiger partial charge in [-0.3, -0.25) is 9.69 Å². The number of nitrogens with one attached hydrogen (secondary N) is 1. The Labute approximate surface area is 248 Å². The lowest BCUT2D eigenvalue weighted by Crippen LogP contribution is -2.47. The van der Waals surface area contributed by atoms with Gasteiger partial charge in [-0.25, -0.2) is 8.78 Å². The van der Waals surface area contributed by atoms with Crippen LogP contribution in [0.4, 0.5) is 35.1 Å². The van der Waals surface area contributed by atoms with Gasteiger partial charge in [0, 0.05) is 29.8 Å². The SMILES string of the molecule is N=C1CC2(CCN(Cc3ccc(F)c(F)c3)CC2)[C@H](Cc2ccc(OC(F)(F)F)cc2)CC(=O)c2ccc(C(F)(F)F)cc21.